The highest BCUT2D eigenvalue weighted by atomic mass is 33.1. The van der Waals surface area contributed by atoms with Crippen LogP contribution in [0.1, 0.15) is 69.1 Å². The molecule has 10 unspecified atom stereocenters. The third-order valence-electron chi connectivity index (χ3n) is 9.20. The smallest absolute Gasteiger partial charge is 0.481 e. The number of thiol groups is 1. The highest BCUT2D eigenvalue weighted by Crippen LogP contribution is 2.66. The van der Waals surface area contributed by atoms with E-state index >= 15 is 0 Å². The van der Waals surface area contributed by atoms with E-state index in [4.69, 9.17) is 34.6 Å². The van der Waals surface area contributed by atoms with E-state index in [0.29, 0.717) is 17.9 Å². The van der Waals surface area contributed by atoms with Crippen molar-refractivity contribution in [2.45, 2.75) is 100 Å². The summed E-state index contributed by atoms with van der Waals surface area (Å²) in [5.41, 5.74) is -0.0764. The summed E-state index contributed by atoms with van der Waals surface area (Å²) in [7, 11) is -13.9. The Labute approximate surface area is 426 Å². The molecule has 0 aromatic carbocycles. The van der Waals surface area contributed by atoms with E-state index in [-0.39, 0.29) is 24.4 Å². The minimum atomic E-state index is -5.73. The molecule has 1 saturated heterocycles. The number of carboxylic acid groups (broad SMARTS) is 3. The molecule has 73 heavy (non-hydrogen) atoms. The number of amides is 4. The summed E-state index contributed by atoms with van der Waals surface area (Å²) >= 11 is 4.01. The molecule has 13 N–H and O–H groups in total. The number of carboxylic acids is 3. The molecule has 2 aliphatic rings. The number of nitrogens with zero attached hydrogens (tertiary/aromatic N) is 3. The number of ether oxygens (including phenoxy) is 2. The van der Waals surface area contributed by atoms with Crippen molar-refractivity contribution < 1.29 is 115 Å². The van der Waals surface area contributed by atoms with Gasteiger partial charge in [0.15, 0.2) is 17.8 Å². The fraction of sp³-hybridized carbons (Fsp3) is 0.543. The van der Waals surface area contributed by atoms with Crippen molar-refractivity contribution in [3.63, 3.8) is 0 Å². The first-order valence-electron chi connectivity index (χ1n) is 20.8. The summed E-state index contributed by atoms with van der Waals surface area (Å²) in [5.74, 6) is -7.89. The zero-order chi connectivity index (χ0) is 54.8. The monoisotopic (exact) mass is 1160 g/mol. The molecule has 0 saturated carbocycles. The largest absolute Gasteiger partial charge is 0.490 e. The average Bonchev–Trinajstić information content (AvgIpc) is 3.85. The maximum atomic E-state index is 12.6. The van der Waals surface area contributed by atoms with Crippen LogP contribution in [-0.2, 0) is 65.1 Å². The summed E-state index contributed by atoms with van der Waals surface area (Å²) in [5, 5.41) is 50.3. The molecule has 10 atom stereocenters. The first-order valence-corrected chi connectivity index (χ1v) is 28.3. The molecule has 4 rings (SSSR count). The number of Topliss-reactive ketones (excluding diaryl/α,β-unsaturated/α-hetero) is 1. The van der Waals surface area contributed by atoms with Crippen LogP contribution in [0.3, 0.4) is 0 Å². The second-order valence-corrected chi connectivity index (χ2v) is 22.4. The SMILES string of the molecule is CC(=O)NC(CCCS)C(=O)NC(CC(=O)O)C(=O)CC(CC(=O)O)C(=O)O.CC(CSSc1ccccn1)OC(=O)NC1NC(=O)c2ncn(C3CC(O)C(COP(=O)(O)OP(=O)(O)OP(=O)(O)O)O3)c2N1. The average molecular weight is 1160 g/mol. The summed E-state index contributed by atoms with van der Waals surface area (Å²) in [6, 6.07) is 2.90. The summed E-state index contributed by atoms with van der Waals surface area (Å²) in [4.78, 5) is 138. The van der Waals surface area contributed by atoms with Gasteiger partial charge in [-0.3, -0.25) is 48.0 Å². The van der Waals surface area contributed by atoms with Crippen LogP contribution in [-0.4, -0.2) is 157 Å². The molecule has 0 spiro atoms. The quantitative estimate of drug-likeness (QED) is 0.0314. The van der Waals surface area contributed by atoms with Crippen molar-refractivity contribution in [1.29, 1.82) is 0 Å². The van der Waals surface area contributed by atoms with E-state index in [0.717, 1.165) is 5.03 Å². The number of rotatable bonds is 28. The number of ketones is 1. The number of anilines is 1. The van der Waals surface area contributed by atoms with Crippen molar-refractivity contribution in [2.75, 3.05) is 23.4 Å². The number of phosphoric ester groups is 1. The standard InChI is InChI=1S/C19H27N6O15P3S2.C16H24N2O9S/c1-10(8-44-45-13-4-2-3-5-20-13)37-19(28)24-18-22-16-15(17(27)23-18)21-9-25(16)14-6-11(26)12(38-14)7-36-42(32,33)40-43(34,35)39-41(29,30)31;1-8(19)17-10(3-2-4-28)15(25)18-11(7-14(23)24)12(20)5-9(16(26)27)6-13(21)22/h2-5,9-12,14,18,22,26H,6-8H2,1H3,(H,23,27)(H,24,28)(H,32,33)(H,34,35)(H2,29,30,31);9-11,28H,2-7H2,1H3,(H,17,19)(H,18,25)(H,21,22)(H,23,24)(H,26,27). The topological polar surface area (TPSA) is 487 Å². The van der Waals surface area contributed by atoms with Gasteiger partial charge in [0, 0.05) is 31.7 Å². The maximum absolute atomic E-state index is 12.6. The molecule has 2 aliphatic heterocycles. The normalized spacial score (nSPS) is 20.5. The third-order valence-corrected chi connectivity index (χ3v) is 15.7. The number of carbonyl (C=O) groups is 8. The number of hydrogen-bond acceptors (Lipinski definition) is 23. The third kappa shape index (κ3) is 22.8. The molecule has 0 bridgehead atoms. The number of pyridine rings is 1. The number of fused-ring (bicyclic) bond motifs is 1. The van der Waals surface area contributed by atoms with Crippen LogP contribution < -0.4 is 26.6 Å². The Morgan fingerprint density at radius 3 is 2.22 bits per heavy atom. The van der Waals surface area contributed by atoms with Crippen molar-refractivity contribution in [2.24, 2.45) is 5.92 Å². The molecule has 38 heteroatoms. The maximum Gasteiger partial charge on any atom is 0.490 e. The first-order chi connectivity index (χ1) is 34.0. The first kappa shape index (κ1) is 62.6. The van der Waals surface area contributed by atoms with Gasteiger partial charge in [-0.2, -0.15) is 21.3 Å². The van der Waals surface area contributed by atoms with E-state index in [1.54, 1.807) is 19.2 Å². The van der Waals surface area contributed by atoms with Gasteiger partial charge in [-0.15, -0.1) is 0 Å². The molecule has 408 valence electrons. The predicted molar refractivity (Wildman–Crippen MR) is 251 cm³/mol. The van der Waals surface area contributed by atoms with Crippen LogP contribution in [0.5, 0.6) is 0 Å². The zero-order valence-electron chi connectivity index (χ0n) is 37.9. The Morgan fingerprint density at radius 1 is 0.945 bits per heavy atom. The van der Waals surface area contributed by atoms with Crippen molar-refractivity contribution in [3.8, 4) is 0 Å². The van der Waals surface area contributed by atoms with Gasteiger partial charge in [0.2, 0.25) is 11.8 Å². The van der Waals surface area contributed by atoms with E-state index in [1.807, 2.05) is 12.1 Å². The number of phosphoric acid groups is 3. The molecule has 0 aliphatic carbocycles. The molecule has 0 radical (unpaired) electrons. The summed E-state index contributed by atoms with van der Waals surface area (Å²) in [6.45, 7) is 1.98. The minimum absolute atomic E-state index is 0.0764. The van der Waals surface area contributed by atoms with E-state index < -0.39 is 146 Å². The number of imidazole rings is 1. The van der Waals surface area contributed by atoms with Crippen LogP contribution in [0.4, 0.5) is 10.6 Å². The molecule has 2 aromatic heterocycles. The van der Waals surface area contributed by atoms with E-state index in [9.17, 15) is 66.9 Å². The van der Waals surface area contributed by atoms with Crippen molar-refractivity contribution in [3.05, 3.63) is 36.4 Å². The summed E-state index contributed by atoms with van der Waals surface area (Å²) < 4.78 is 58.4. The Balaban J connectivity index is 0.000000434. The predicted octanol–water partition coefficient (Wildman–Crippen LogP) is 0.559. The fourth-order valence-corrected chi connectivity index (χ4v) is 11.5. The van der Waals surface area contributed by atoms with Gasteiger partial charge in [0.25, 0.3) is 5.91 Å². The number of hydrogen-bond donors (Lipinski definition) is 14. The lowest BCUT2D eigenvalue weighted by atomic mass is 9.94. The van der Waals surface area contributed by atoms with Crippen LogP contribution in [0.2, 0.25) is 0 Å². The van der Waals surface area contributed by atoms with Gasteiger partial charge in [-0.25, -0.2) is 28.5 Å². The summed E-state index contributed by atoms with van der Waals surface area (Å²) in [6.07, 6.45) is -5.19. The van der Waals surface area contributed by atoms with Crippen LogP contribution in [0.25, 0.3) is 0 Å². The lowest BCUT2D eigenvalue weighted by Crippen LogP contribution is -2.56. The highest BCUT2D eigenvalue weighted by Gasteiger charge is 2.44. The Hall–Kier alpha value is -4.70. The van der Waals surface area contributed by atoms with Gasteiger partial charge in [-0.05, 0) is 48.4 Å². The minimum Gasteiger partial charge on any atom is -0.481 e. The van der Waals surface area contributed by atoms with Gasteiger partial charge in [-0.1, -0.05) is 16.9 Å². The molecule has 32 nitrogen and oxygen atoms in total. The zero-order valence-corrected chi connectivity index (χ0v) is 43.1. The number of aliphatic hydroxyl groups is 1. The Kier molecular flexibility index (Phi) is 24.7. The fourth-order valence-electron chi connectivity index (χ4n) is 6.14. The number of nitrogens with one attached hydrogen (secondary N) is 5. The molecular formula is C35H51N8O24P3S3. The van der Waals surface area contributed by atoms with Crippen LogP contribution >= 0.6 is 57.7 Å². The number of aliphatic hydroxyl groups excluding tert-OH is 1. The van der Waals surface area contributed by atoms with Gasteiger partial charge in [0.1, 0.15) is 35.3 Å². The molecule has 4 amide bonds. The van der Waals surface area contributed by atoms with Gasteiger partial charge < -0.3 is 70.7 Å². The number of alkyl carbamates (subject to hydrolysis) is 1. The van der Waals surface area contributed by atoms with Gasteiger partial charge in [0.05, 0.1) is 43.8 Å². The molecule has 4 heterocycles. The van der Waals surface area contributed by atoms with Crippen LogP contribution in [0, 0.1) is 5.92 Å². The second-order valence-electron chi connectivity index (χ2n) is 15.2. The van der Waals surface area contributed by atoms with Crippen molar-refractivity contribution in [1.82, 2.24) is 35.8 Å². The van der Waals surface area contributed by atoms with Gasteiger partial charge >= 0.3 is 47.5 Å². The number of aromatic nitrogens is 3. The lowest BCUT2D eigenvalue weighted by Gasteiger charge is -2.28. The highest BCUT2D eigenvalue weighted by molar-refractivity contribution is 8.76. The van der Waals surface area contributed by atoms with Crippen molar-refractivity contribution >= 4 is 111 Å². The van der Waals surface area contributed by atoms with E-state index in [2.05, 4.69) is 62.3 Å². The second kappa shape index (κ2) is 28.8. The lowest BCUT2D eigenvalue weighted by molar-refractivity contribution is -0.150. The number of carbonyl (C=O) groups excluding carboxylic acids is 5. The molecular weight excluding hydrogens is 1110 g/mol. The Morgan fingerprint density at radius 2 is 1.63 bits per heavy atom. The number of aliphatic carboxylic acids is 3. The van der Waals surface area contributed by atoms with Crippen LogP contribution in [0.15, 0.2) is 35.7 Å². The molecule has 2 aromatic rings. The molecule has 1 fully saturated rings. The van der Waals surface area contributed by atoms with E-state index in [1.165, 1.54) is 39.4 Å². The Bertz CT molecular complexity index is 2440.